The molecular weight excluding hydrogens is 386 g/mol. The van der Waals surface area contributed by atoms with Gasteiger partial charge in [0.25, 0.3) is 5.91 Å². The Morgan fingerprint density at radius 1 is 1.17 bits per heavy atom. The Labute approximate surface area is 153 Å². The summed E-state index contributed by atoms with van der Waals surface area (Å²) in [5, 5.41) is 7.26. The van der Waals surface area contributed by atoms with E-state index in [0.29, 0.717) is 17.9 Å². The summed E-state index contributed by atoms with van der Waals surface area (Å²) in [6.45, 7) is 0.597. The standard InChI is InChI=1S/C18H16BrN3OS/c1-24-16-5-3-2-4-15(16)18(23)21-17-10-11-20-22(17)12-13-6-8-14(19)9-7-13/h2-11H,12H2,1H3,(H,21,23). The number of carbonyl (C=O) groups is 1. The Morgan fingerprint density at radius 3 is 2.67 bits per heavy atom. The van der Waals surface area contributed by atoms with Crippen molar-refractivity contribution in [2.45, 2.75) is 11.4 Å². The van der Waals surface area contributed by atoms with Gasteiger partial charge in [-0.1, -0.05) is 40.2 Å². The summed E-state index contributed by atoms with van der Waals surface area (Å²) in [6, 6.07) is 17.4. The van der Waals surface area contributed by atoms with E-state index in [1.165, 1.54) is 0 Å². The van der Waals surface area contributed by atoms with Crippen molar-refractivity contribution in [3.8, 4) is 0 Å². The molecule has 6 heteroatoms. The second-order valence-corrected chi connectivity index (χ2v) is 6.92. The minimum Gasteiger partial charge on any atom is -0.307 e. The molecule has 0 unspecified atom stereocenters. The molecule has 0 aliphatic heterocycles. The first-order chi connectivity index (χ1) is 11.7. The van der Waals surface area contributed by atoms with E-state index in [9.17, 15) is 4.79 Å². The third-order valence-corrected chi connectivity index (χ3v) is 4.88. The molecule has 3 rings (SSSR count). The molecule has 122 valence electrons. The van der Waals surface area contributed by atoms with Crippen LogP contribution < -0.4 is 5.32 Å². The fraction of sp³-hybridized carbons (Fsp3) is 0.111. The lowest BCUT2D eigenvalue weighted by Gasteiger charge is -2.11. The number of anilines is 1. The Bertz CT molecular complexity index is 845. The number of halogens is 1. The molecular formula is C18H16BrN3OS. The van der Waals surface area contributed by atoms with Gasteiger partial charge in [0, 0.05) is 15.4 Å². The smallest absolute Gasteiger partial charge is 0.257 e. The largest absolute Gasteiger partial charge is 0.307 e. The highest BCUT2D eigenvalue weighted by atomic mass is 79.9. The molecule has 0 saturated heterocycles. The van der Waals surface area contributed by atoms with Crippen molar-refractivity contribution >= 4 is 39.4 Å². The van der Waals surface area contributed by atoms with Gasteiger partial charge in [0.15, 0.2) is 0 Å². The Morgan fingerprint density at radius 2 is 1.92 bits per heavy atom. The van der Waals surface area contributed by atoms with E-state index in [1.54, 1.807) is 28.7 Å². The summed E-state index contributed by atoms with van der Waals surface area (Å²) in [5.74, 6) is 0.552. The van der Waals surface area contributed by atoms with E-state index < -0.39 is 0 Å². The number of carbonyl (C=O) groups excluding carboxylic acids is 1. The molecule has 0 fully saturated rings. The summed E-state index contributed by atoms with van der Waals surface area (Å²) >= 11 is 4.99. The van der Waals surface area contributed by atoms with Crippen LogP contribution in [-0.4, -0.2) is 21.9 Å². The monoisotopic (exact) mass is 401 g/mol. The van der Waals surface area contributed by atoms with Crippen molar-refractivity contribution in [3.63, 3.8) is 0 Å². The summed E-state index contributed by atoms with van der Waals surface area (Å²) in [7, 11) is 0. The number of aromatic nitrogens is 2. The van der Waals surface area contributed by atoms with Gasteiger partial charge in [0.05, 0.1) is 18.3 Å². The molecule has 2 aromatic carbocycles. The lowest BCUT2D eigenvalue weighted by molar-refractivity contribution is 0.102. The molecule has 24 heavy (non-hydrogen) atoms. The highest BCUT2D eigenvalue weighted by Crippen LogP contribution is 2.21. The van der Waals surface area contributed by atoms with E-state index in [4.69, 9.17) is 0 Å². The maximum absolute atomic E-state index is 12.6. The van der Waals surface area contributed by atoms with Gasteiger partial charge in [-0.3, -0.25) is 4.79 Å². The van der Waals surface area contributed by atoms with Crippen LogP contribution in [0, 0.1) is 0 Å². The van der Waals surface area contributed by atoms with E-state index in [1.807, 2.05) is 54.8 Å². The molecule has 0 bridgehead atoms. The minimum atomic E-state index is -0.127. The number of amides is 1. The Kier molecular flexibility index (Phi) is 5.37. The lowest BCUT2D eigenvalue weighted by atomic mass is 10.2. The quantitative estimate of drug-likeness (QED) is 0.631. The van der Waals surface area contributed by atoms with E-state index in [-0.39, 0.29) is 5.91 Å². The molecule has 4 nitrogen and oxygen atoms in total. The predicted molar refractivity (Wildman–Crippen MR) is 102 cm³/mol. The number of nitrogens with one attached hydrogen (secondary N) is 1. The highest BCUT2D eigenvalue weighted by molar-refractivity contribution is 9.10. The first kappa shape index (κ1) is 16.8. The van der Waals surface area contributed by atoms with Gasteiger partial charge in [0.1, 0.15) is 5.82 Å². The van der Waals surface area contributed by atoms with E-state index >= 15 is 0 Å². The molecule has 1 amide bonds. The van der Waals surface area contributed by atoms with Crippen LogP contribution in [0.25, 0.3) is 0 Å². The molecule has 1 heterocycles. The Balaban J connectivity index is 1.78. The minimum absolute atomic E-state index is 0.127. The maximum atomic E-state index is 12.6. The molecule has 1 N–H and O–H groups in total. The van der Waals surface area contributed by atoms with Crippen molar-refractivity contribution in [2.24, 2.45) is 0 Å². The zero-order valence-corrected chi connectivity index (χ0v) is 15.5. The topological polar surface area (TPSA) is 46.9 Å². The van der Waals surface area contributed by atoms with Crippen molar-refractivity contribution < 1.29 is 4.79 Å². The number of rotatable bonds is 5. The summed E-state index contributed by atoms with van der Waals surface area (Å²) in [6.07, 6.45) is 3.65. The van der Waals surface area contributed by atoms with Crippen LogP contribution in [-0.2, 0) is 6.54 Å². The summed E-state index contributed by atoms with van der Waals surface area (Å²) < 4.78 is 2.82. The lowest BCUT2D eigenvalue weighted by Crippen LogP contribution is -2.16. The van der Waals surface area contributed by atoms with Crippen LogP contribution in [0.3, 0.4) is 0 Å². The van der Waals surface area contributed by atoms with Crippen LogP contribution in [0.5, 0.6) is 0 Å². The molecule has 1 aromatic heterocycles. The third kappa shape index (κ3) is 3.88. The van der Waals surface area contributed by atoms with E-state index in [2.05, 4.69) is 26.3 Å². The van der Waals surface area contributed by atoms with Crippen molar-refractivity contribution in [1.82, 2.24) is 9.78 Å². The molecule has 0 saturated carbocycles. The average molecular weight is 402 g/mol. The van der Waals surface area contributed by atoms with Gasteiger partial charge in [-0.05, 0) is 36.1 Å². The fourth-order valence-electron chi connectivity index (χ4n) is 2.34. The molecule has 0 aliphatic rings. The van der Waals surface area contributed by atoms with Crippen molar-refractivity contribution in [2.75, 3.05) is 11.6 Å². The van der Waals surface area contributed by atoms with Crippen LogP contribution >= 0.6 is 27.7 Å². The predicted octanol–water partition coefficient (Wildman–Crippen LogP) is 4.67. The fourth-order valence-corrected chi connectivity index (χ4v) is 3.20. The van der Waals surface area contributed by atoms with Crippen LogP contribution in [0.1, 0.15) is 15.9 Å². The van der Waals surface area contributed by atoms with E-state index in [0.717, 1.165) is 14.9 Å². The van der Waals surface area contributed by atoms with Crippen LogP contribution in [0.2, 0.25) is 0 Å². The third-order valence-electron chi connectivity index (χ3n) is 3.56. The maximum Gasteiger partial charge on any atom is 0.257 e. The number of hydrogen-bond acceptors (Lipinski definition) is 3. The first-order valence-electron chi connectivity index (χ1n) is 7.38. The summed E-state index contributed by atoms with van der Waals surface area (Å²) in [4.78, 5) is 13.5. The SMILES string of the molecule is CSc1ccccc1C(=O)Nc1ccnn1Cc1ccc(Br)cc1. The number of benzene rings is 2. The van der Waals surface area contributed by atoms with Gasteiger partial charge in [-0.2, -0.15) is 5.10 Å². The van der Waals surface area contributed by atoms with Crippen LogP contribution in [0.4, 0.5) is 5.82 Å². The number of hydrogen-bond donors (Lipinski definition) is 1. The average Bonchev–Trinajstić information content (AvgIpc) is 3.03. The van der Waals surface area contributed by atoms with Gasteiger partial charge in [-0.15, -0.1) is 11.8 Å². The summed E-state index contributed by atoms with van der Waals surface area (Å²) in [5.41, 5.74) is 1.78. The molecule has 3 aromatic rings. The number of thioether (sulfide) groups is 1. The normalized spacial score (nSPS) is 10.6. The zero-order chi connectivity index (χ0) is 16.9. The highest BCUT2D eigenvalue weighted by Gasteiger charge is 2.13. The molecule has 0 aliphatic carbocycles. The first-order valence-corrected chi connectivity index (χ1v) is 9.40. The molecule has 0 spiro atoms. The second kappa shape index (κ2) is 7.68. The van der Waals surface area contributed by atoms with Crippen molar-refractivity contribution in [3.05, 3.63) is 76.4 Å². The van der Waals surface area contributed by atoms with Gasteiger partial charge < -0.3 is 5.32 Å². The van der Waals surface area contributed by atoms with Gasteiger partial charge in [0.2, 0.25) is 0 Å². The van der Waals surface area contributed by atoms with Gasteiger partial charge in [-0.25, -0.2) is 4.68 Å². The Hall–Kier alpha value is -2.05. The zero-order valence-electron chi connectivity index (χ0n) is 13.1. The number of nitrogens with zero attached hydrogens (tertiary/aromatic N) is 2. The van der Waals surface area contributed by atoms with Crippen molar-refractivity contribution in [1.29, 1.82) is 0 Å². The second-order valence-electron chi connectivity index (χ2n) is 5.15. The van der Waals surface area contributed by atoms with Crippen LogP contribution in [0.15, 0.2) is 70.2 Å². The molecule has 0 radical (unpaired) electrons. The van der Waals surface area contributed by atoms with Gasteiger partial charge >= 0.3 is 0 Å². The molecule has 0 atom stereocenters.